The van der Waals surface area contributed by atoms with Gasteiger partial charge in [0.15, 0.2) is 0 Å². The van der Waals surface area contributed by atoms with Crippen LogP contribution in [0.2, 0.25) is 0 Å². The van der Waals surface area contributed by atoms with Crippen LogP contribution < -0.4 is 0 Å². The van der Waals surface area contributed by atoms with Gasteiger partial charge in [-0.15, -0.1) is 0 Å². The molecule has 32 heavy (non-hydrogen) atoms. The molecular formula is C21H36N4O5S2. The minimum atomic E-state index is -3.55. The Labute approximate surface area is 196 Å². The summed E-state index contributed by atoms with van der Waals surface area (Å²) in [6.07, 6.45) is 5.69. The summed E-state index contributed by atoms with van der Waals surface area (Å²) in [7, 11) is -3.55. The third-order valence-corrected chi connectivity index (χ3v) is 9.81. The molecule has 3 fully saturated rings. The van der Waals surface area contributed by atoms with Crippen molar-refractivity contribution in [2.75, 3.05) is 51.3 Å². The minimum absolute atomic E-state index is 0.193. The third-order valence-electron chi connectivity index (χ3n) is 6.98. The van der Waals surface area contributed by atoms with E-state index < -0.39 is 16.3 Å². The van der Waals surface area contributed by atoms with Crippen molar-refractivity contribution in [1.82, 2.24) is 18.4 Å². The van der Waals surface area contributed by atoms with Crippen molar-refractivity contribution in [3.05, 3.63) is 0 Å². The number of rotatable bonds is 9. The highest BCUT2D eigenvalue weighted by Gasteiger charge is 2.52. The number of hydrogen-bond acceptors (Lipinski definition) is 6. The molecule has 3 rings (SSSR count). The smallest absolute Gasteiger partial charge is 0.282 e. The maximum Gasteiger partial charge on any atom is 0.282 e. The summed E-state index contributed by atoms with van der Waals surface area (Å²) in [4.78, 5) is 42.6. The zero-order chi connectivity index (χ0) is 23.5. The zero-order valence-corrected chi connectivity index (χ0v) is 21.0. The second-order valence-corrected chi connectivity index (χ2v) is 11.6. The van der Waals surface area contributed by atoms with Crippen LogP contribution in [0.15, 0.2) is 0 Å². The first-order valence-corrected chi connectivity index (χ1v) is 14.5. The van der Waals surface area contributed by atoms with Crippen LogP contribution in [0.5, 0.6) is 0 Å². The first-order chi connectivity index (χ1) is 15.3. The maximum absolute atomic E-state index is 13.5. The number of likely N-dealkylation sites (tertiary alicyclic amines) is 1. The van der Waals surface area contributed by atoms with Crippen LogP contribution in [0.3, 0.4) is 0 Å². The molecule has 3 unspecified atom stereocenters. The van der Waals surface area contributed by atoms with Crippen molar-refractivity contribution < 1.29 is 22.8 Å². The molecule has 3 amide bonds. The van der Waals surface area contributed by atoms with E-state index in [1.165, 1.54) is 13.5 Å². The highest BCUT2D eigenvalue weighted by Crippen LogP contribution is 2.39. The van der Waals surface area contributed by atoms with Gasteiger partial charge in [0, 0.05) is 39.3 Å². The number of imide groups is 1. The van der Waals surface area contributed by atoms with E-state index in [9.17, 15) is 22.8 Å². The van der Waals surface area contributed by atoms with Crippen LogP contribution in [-0.4, -0.2) is 102 Å². The first kappa shape index (κ1) is 25.5. The normalized spacial score (nSPS) is 26.0. The van der Waals surface area contributed by atoms with Gasteiger partial charge >= 0.3 is 0 Å². The van der Waals surface area contributed by atoms with Crippen LogP contribution >= 0.6 is 11.8 Å². The summed E-state index contributed by atoms with van der Waals surface area (Å²) in [5.74, 6) is -0.518. The summed E-state index contributed by atoms with van der Waals surface area (Å²) >= 11 is 1.58. The van der Waals surface area contributed by atoms with E-state index in [-0.39, 0.29) is 55.7 Å². The Balaban J connectivity index is 1.72. The van der Waals surface area contributed by atoms with Gasteiger partial charge in [0.25, 0.3) is 10.2 Å². The van der Waals surface area contributed by atoms with Crippen molar-refractivity contribution in [3.8, 4) is 0 Å². The first-order valence-electron chi connectivity index (χ1n) is 11.7. The van der Waals surface area contributed by atoms with Crippen LogP contribution in [-0.2, 0) is 24.6 Å². The van der Waals surface area contributed by atoms with Crippen molar-refractivity contribution in [2.45, 2.75) is 52.0 Å². The van der Waals surface area contributed by atoms with E-state index >= 15 is 0 Å². The molecule has 2 saturated heterocycles. The number of piperazine rings is 1. The fraction of sp³-hybridized carbons (Fsp3) is 0.857. The average molecular weight is 489 g/mol. The van der Waals surface area contributed by atoms with Gasteiger partial charge in [0.1, 0.15) is 6.04 Å². The number of carbonyl (C=O) groups excluding carboxylic acids is 3. The molecular weight excluding hydrogens is 452 g/mol. The van der Waals surface area contributed by atoms with Crippen LogP contribution in [0.1, 0.15) is 46.0 Å². The molecule has 3 atom stereocenters. The SMILES string of the molecule is CCN(CC)S(=O)(=O)N1CCN(C(=O)C(CCSC)N2C(=O)C3CCCCC3C2=O)CC1. The Morgan fingerprint density at radius 1 is 1.03 bits per heavy atom. The van der Waals surface area contributed by atoms with E-state index in [1.807, 2.05) is 6.26 Å². The maximum atomic E-state index is 13.5. The number of carbonyl (C=O) groups is 3. The van der Waals surface area contributed by atoms with Gasteiger partial charge in [-0.3, -0.25) is 19.3 Å². The lowest BCUT2D eigenvalue weighted by Crippen LogP contribution is -2.58. The summed E-state index contributed by atoms with van der Waals surface area (Å²) in [6.45, 7) is 5.36. The molecule has 0 spiro atoms. The van der Waals surface area contributed by atoms with Crippen molar-refractivity contribution in [2.24, 2.45) is 11.8 Å². The van der Waals surface area contributed by atoms with Gasteiger partial charge in [0.2, 0.25) is 17.7 Å². The number of fused-ring (bicyclic) bond motifs is 1. The van der Waals surface area contributed by atoms with Crippen LogP contribution in [0.4, 0.5) is 0 Å². The van der Waals surface area contributed by atoms with Gasteiger partial charge in [-0.25, -0.2) is 0 Å². The second-order valence-electron chi connectivity index (χ2n) is 8.66. The van der Waals surface area contributed by atoms with Crippen LogP contribution in [0.25, 0.3) is 0 Å². The van der Waals surface area contributed by atoms with Gasteiger partial charge in [-0.1, -0.05) is 26.7 Å². The minimum Gasteiger partial charge on any atom is -0.338 e. The number of nitrogens with zero attached hydrogens (tertiary/aromatic N) is 4. The molecule has 9 nitrogen and oxygen atoms in total. The number of hydrogen-bond donors (Lipinski definition) is 0. The van der Waals surface area contributed by atoms with Gasteiger partial charge in [0.05, 0.1) is 11.8 Å². The highest BCUT2D eigenvalue weighted by atomic mass is 32.2. The summed E-state index contributed by atoms with van der Waals surface area (Å²) in [5, 5.41) is 0. The van der Waals surface area contributed by atoms with E-state index in [1.54, 1.807) is 30.5 Å². The molecule has 182 valence electrons. The largest absolute Gasteiger partial charge is 0.338 e. The van der Waals surface area contributed by atoms with Gasteiger partial charge in [-0.2, -0.15) is 28.8 Å². The van der Waals surface area contributed by atoms with Crippen molar-refractivity contribution in [1.29, 1.82) is 0 Å². The molecule has 0 aromatic carbocycles. The standard InChI is InChI=1S/C21H36N4O5S2/c1-4-23(5-2)32(29,30)24-13-11-22(12-14-24)21(28)18(10-15-31-3)25-19(26)16-8-6-7-9-17(16)20(25)27/h16-18H,4-15H2,1-3H3. The monoisotopic (exact) mass is 488 g/mol. The van der Waals surface area contributed by atoms with E-state index in [0.29, 0.717) is 25.3 Å². The quantitative estimate of drug-likeness (QED) is 0.450. The molecule has 1 aliphatic carbocycles. The topological polar surface area (TPSA) is 98.3 Å². The fourth-order valence-electron chi connectivity index (χ4n) is 5.15. The highest BCUT2D eigenvalue weighted by molar-refractivity contribution is 7.98. The molecule has 1 saturated carbocycles. The molecule has 0 aromatic rings. The van der Waals surface area contributed by atoms with Crippen molar-refractivity contribution in [3.63, 3.8) is 0 Å². The number of amides is 3. The Kier molecular flexibility index (Phi) is 8.62. The van der Waals surface area contributed by atoms with E-state index in [4.69, 9.17) is 0 Å². The van der Waals surface area contributed by atoms with Crippen molar-refractivity contribution >= 4 is 39.7 Å². The molecule has 2 heterocycles. The van der Waals surface area contributed by atoms with Crippen LogP contribution in [0, 0.1) is 11.8 Å². The molecule has 0 bridgehead atoms. The second kappa shape index (κ2) is 10.8. The molecule has 0 aromatic heterocycles. The summed E-state index contributed by atoms with van der Waals surface area (Å²) in [6, 6.07) is -0.793. The predicted octanol–water partition coefficient (Wildman–Crippen LogP) is 1.01. The van der Waals surface area contributed by atoms with E-state index in [0.717, 1.165) is 25.7 Å². The lowest BCUT2D eigenvalue weighted by atomic mass is 9.81. The fourth-order valence-corrected chi connectivity index (χ4v) is 7.21. The summed E-state index contributed by atoms with van der Waals surface area (Å²) in [5.41, 5.74) is 0. The molecule has 11 heteroatoms. The Bertz CT molecular complexity index is 785. The number of thioether (sulfide) groups is 1. The van der Waals surface area contributed by atoms with Gasteiger partial charge < -0.3 is 4.90 Å². The lowest BCUT2D eigenvalue weighted by Gasteiger charge is -2.38. The summed E-state index contributed by atoms with van der Waals surface area (Å²) < 4.78 is 28.4. The Morgan fingerprint density at radius 2 is 1.56 bits per heavy atom. The average Bonchev–Trinajstić information content (AvgIpc) is 3.05. The molecule has 2 aliphatic heterocycles. The Hall–Kier alpha value is -1.17. The Morgan fingerprint density at radius 3 is 2.03 bits per heavy atom. The lowest BCUT2D eigenvalue weighted by molar-refractivity contribution is -0.152. The molecule has 3 aliphatic rings. The van der Waals surface area contributed by atoms with E-state index in [2.05, 4.69) is 0 Å². The molecule has 0 N–H and O–H groups in total. The van der Waals surface area contributed by atoms with Gasteiger partial charge in [-0.05, 0) is 31.3 Å². The predicted molar refractivity (Wildman–Crippen MR) is 124 cm³/mol. The molecule has 0 radical (unpaired) electrons. The third kappa shape index (κ3) is 4.85. The zero-order valence-electron chi connectivity index (χ0n) is 19.4.